The zero-order valence-electron chi connectivity index (χ0n) is 29.8. The number of pyridine rings is 1. The number of nitrogens with zero attached hydrogens (tertiary/aromatic N) is 4. The molecular weight excluding hydrogens is 747 g/mol. The number of anilines is 1. The number of carbonyl (C=O) groups excluding carboxylic acids is 2. The summed E-state index contributed by atoms with van der Waals surface area (Å²) in [5, 5.41) is 16.4. The SMILES string of the molecule is CN=CC(CN([C@H](CO)CSc1ccncc1NC(=O)[C@@H](NC(=O)OC)C(c1ccccc1)c1ccccc1)S(=O)(=O)c1ccc2ncsc2c1)=C(C)N. The molecule has 16 heteroatoms. The van der Waals surface area contributed by atoms with Crippen molar-refractivity contribution in [1.29, 1.82) is 0 Å². The monoisotopic (exact) mass is 787 g/mol. The smallest absolute Gasteiger partial charge is 0.407 e. The van der Waals surface area contributed by atoms with Gasteiger partial charge in [-0.15, -0.1) is 23.1 Å². The van der Waals surface area contributed by atoms with E-state index in [0.29, 0.717) is 32.1 Å². The highest BCUT2D eigenvalue weighted by molar-refractivity contribution is 7.99. The van der Waals surface area contributed by atoms with Crippen LogP contribution in [0.2, 0.25) is 0 Å². The summed E-state index contributed by atoms with van der Waals surface area (Å²) in [6, 6.07) is 23.0. The number of hydrogen-bond acceptors (Lipinski definition) is 12. The van der Waals surface area contributed by atoms with Crippen molar-refractivity contribution in [3.63, 3.8) is 0 Å². The molecule has 5 N–H and O–H groups in total. The van der Waals surface area contributed by atoms with E-state index in [0.717, 1.165) is 11.1 Å². The molecule has 282 valence electrons. The van der Waals surface area contributed by atoms with Crippen LogP contribution in [0.15, 0.2) is 129 Å². The second-order valence-corrected chi connectivity index (χ2v) is 15.9. The van der Waals surface area contributed by atoms with E-state index in [2.05, 4.69) is 25.6 Å². The summed E-state index contributed by atoms with van der Waals surface area (Å²) in [6.07, 6.45) is 3.73. The van der Waals surface area contributed by atoms with Gasteiger partial charge >= 0.3 is 6.09 Å². The van der Waals surface area contributed by atoms with Crippen LogP contribution in [0.3, 0.4) is 0 Å². The van der Waals surface area contributed by atoms with E-state index in [1.807, 2.05) is 60.7 Å². The predicted octanol–water partition coefficient (Wildman–Crippen LogP) is 5.26. The molecule has 5 rings (SSSR count). The third-order valence-electron chi connectivity index (χ3n) is 8.51. The summed E-state index contributed by atoms with van der Waals surface area (Å²) < 4.78 is 35.5. The molecule has 0 fully saturated rings. The van der Waals surface area contributed by atoms with Gasteiger partial charge in [-0.2, -0.15) is 4.31 Å². The Labute approximate surface area is 322 Å². The summed E-state index contributed by atoms with van der Waals surface area (Å²) in [7, 11) is -1.41. The predicted molar refractivity (Wildman–Crippen MR) is 213 cm³/mol. The van der Waals surface area contributed by atoms with Gasteiger partial charge in [0.25, 0.3) is 0 Å². The fraction of sp³-hybridized carbons (Fsp3) is 0.237. The van der Waals surface area contributed by atoms with Gasteiger partial charge in [-0.3, -0.25) is 14.8 Å². The number of alkyl carbamates (subject to hydrolysis) is 1. The van der Waals surface area contributed by atoms with Crippen molar-refractivity contribution in [1.82, 2.24) is 19.6 Å². The van der Waals surface area contributed by atoms with Crippen molar-refractivity contribution in [2.75, 3.05) is 38.4 Å². The molecule has 0 saturated carbocycles. The fourth-order valence-corrected chi connectivity index (χ4v) is 9.32. The first-order valence-corrected chi connectivity index (χ1v) is 20.0. The van der Waals surface area contributed by atoms with Gasteiger partial charge in [0, 0.05) is 53.8 Å². The number of fused-ring (bicyclic) bond motifs is 1. The number of rotatable bonds is 16. The molecular formula is C38H41N7O6S3. The Hall–Kier alpha value is -5.13. The van der Waals surface area contributed by atoms with Gasteiger partial charge in [0.15, 0.2) is 0 Å². The third kappa shape index (κ3) is 9.69. The van der Waals surface area contributed by atoms with Crippen LogP contribution in [0.5, 0.6) is 0 Å². The number of benzene rings is 3. The van der Waals surface area contributed by atoms with Crippen molar-refractivity contribution < 1.29 is 27.9 Å². The second kappa shape index (κ2) is 18.8. The molecule has 13 nitrogen and oxygen atoms in total. The molecule has 0 aliphatic carbocycles. The van der Waals surface area contributed by atoms with Gasteiger partial charge < -0.3 is 26.2 Å². The van der Waals surface area contributed by atoms with Crippen LogP contribution in [0.25, 0.3) is 10.2 Å². The van der Waals surface area contributed by atoms with Crippen LogP contribution in [0, 0.1) is 0 Å². The number of sulfonamides is 1. The van der Waals surface area contributed by atoms with Crippen LogP contribution < -0.4 is 16.4 Å². The largest absolute Gasteiger partial charge is 0.453 e. The van der Waals surface area contributed by atoms with Crippen LogP contribution in [0.4, 0.5) is 10.5 Å². The van der Waals surface area contributed by atoms with Crippen molar-refractivity contribution in [2.45, 2.75) is 34.7 Å². The maximum Gasteiger partial charge on any atom is 0.407 e. The number of thioether (sulfide) groups is 1. The maximum absolute atomic E-state index is 14.3. The molecule has 0 aliphatic heterocycles. The van der Waals surface area contributed by atoms with E-state index >= 15 is 0 Å². The van der Waals surface area contributed by atoms with Crippen LogP contribution in [-0.4, -0.2) is 91.2 Å². The first-order valence-electron chi connectivity index (χ1n) is 16.7. The summed E-state index contributed by atoms with van der Waals surface area (Å²) >= 11 is 2.54. The number of aromatic nitrogens is 2. The summed E-state index contributed by atoms with van der Waals surface area (Å²) in [6.45, 7) is 0.973. The number of aliphatic hydroxyl groups excluding tert-OH is 1. The minimum atomic E-state index is -4.20. The van der Waals surface area contributed by atoms with Gasteiger partial charge in [-0.05, 0) is 42.3 Å². The normalized spacial score (nSPS) is 13.5. The lowest BCUT2D eigenvalue weighted by Gasteiger charge is -2.30. The molecule has 3 aromatic carbocycles. The highest BCUT2D eigenvalue weighted by atomic mass is 32.2. The van der Waals surface area contributed by atoms with Gasteiger partial charge in [0.1, 0.15) is 6.04 Å². The van der Waals surface area contributed by atoms with E-state index < -0.39 is 46.6 Å². The van der Waals surface area contributed by atoms with Gasteiger partial charge in [0.05, 0.1) is 52.3 Å². The van der Waals surface area contributed by atoms with Gasteiger partial charge in [-0.1, -0.05) is 60.7 Å². The number of methoxy groups -OCH3 is 1. The van der Waals surface area contributed by atoms with E-state index in [1.54, 1.807) is 43.9 Å². The highest BCUT2D eigenvalue weighted by Gasteiger charge is 2.35. The third-order valence-corrected chi connectivity index (χ3v) is 12.4. The lowest BCUT2D eigenvalue weighted by molar-refractivity contribution is -0.118. The average molecular weight is 788 g/mol. The lowest BCUT2D eigenvalue weighted by atomic mass is 9.84. The second-order valence-electron chi connectivity index (χ2n) is 12.0. The topological polar surface area (TPSA) is 189 Å². The number of allylic oxidation sites excluding steroid dienone is 1. The number of aliphatic hydroxyl groups is 1. The van der Waals surface area contributed by atoms with Crippen molar-refractivity contribution in [3.05, 3.63) is 125 Å². The van der Waals surface area contributed by atoms with Crippen LogP contribution in [-0.2, 0) is 19.6 Å². The number of hydrogen-bond donors (Lipinski definition) is 4. The molecule has 2 atom stereocenters. The number of aliphatic imine (C=N–C) groups is 1. The molecule has 0 radical (unpaired) electrons. The Morgan fingerprint density at radius 2 is 1.76 bits per heavy atom. The van der Waals surface area contributed by atoms with E-state index in [9.17, 15) is 23.1 Å². The number of ether oxygens (including phenoxy) is 1. The minimum Gasteiger partial charge on any atom is -0.453 e. The quantitative estimate of drug-likeness (QED) is 0.0758. The zero-order valence-corrected chi connectivity index (χ0v) is 32.3. The van der Waals surface area contributed by atoms with Crippen molar-refractivity contribution >= 4 is 67.2 Å². The fourth-order valence-electron chi connectivity index (χ4n) is 5.74. The Morgan fingerprint density at radius 1 is 1.07 bits per heavy atom. The molecule has 0 saturated heterocycles. The highest BCUT2D eigenvalue weighted by Crippen LogP contribution is 2.33. The summed E-state index contributed by atoms with van der Waals surface area (Å²) in [4.78, 5) is 40.0. The van der Waals surface area contributed by atoms with E-state index in [1.165, 1.54) is 53.0 Å². The van der Waals surface area contributed by atoms with E-state index in [4.69, 9.17) is 10.5 Å². The van der Waals surface area contributed by atoms with Crippen LogP contribution >= 0.6 is 23.1 Å². The molecule has 0 unspecified atom stereocenters. The molecule has 0 spiro atoms. The molecule has 0 aliphatic rings. The number of amides is 2. The first-order chi connectivity index (χ1) is 26.1. The number of nitrogens with two attached hydrogens (primary N) is 1. The standard InChI is InChI=1S/C38H41N7O6S3/c1-25(39)28(19-40-2)21-45(54(49,50)30-14-15-31-34(18-30)53-24-42-31)29(22-46)23-52-33-16-17-41-20-32(33)43-37(47)36(44-38(48)51-3)35(26-10-6-4-7-11-26)27-12-8-5-9-13-27/h4-20,24,29,35-36,46H,21-23,39H2,1-3H3,(H,43,47)(H,44,48)/t29-,36+/m1/s1. The maximum atomic E-state index is 14.3. The summed E-state index contributed by atoms with van der Waals surface area (Å²) in [5.41, 5.74) is 11.2. The Bertz CT molecular complexity index is 2170. The molecule has 0 bridgehead atoms. The van der Waals surface area contributed by atoms with Gasteiger partial charge in [-0.25, -0.2) is 18.2 Å². The molecule has 2 heterocycles. The lowest BCUT2D eigenvalue weighted by Crippen LogP contribution is -2.48. The molecule has 5 aromatic rings. The Kier molecular flexibility index (Phi) is 13.9. The number of nitrogens with one attached hydrogen (secondary N) is 2. The van der Waals surface area contributed by atoms with E-state index in [-0.39, 0.29) is 17.2 Å². The molecule has 54 heavy (non-hydrogen) atoms. The summed E-state index contributed by atoms with van der Waals surface area (Å²) in [5.74, 6) is -1.06. The van der Waals surface area contributed by atoms with Crippen LogP contribution in [0.1, 0.15) is 24.0 Å². The van der Waals surface area contributed by atoms with Crippen molar-refractivity contribution in [2.24, 2.45) is 10.7 Å². The number of thiazole rings is 1. The molecule has 2 amide bonds. The van der Waals surface area contributed by atoms with Gasteiger partial charge in [0.2, 0.25) is 15.9 Å². The minimum absolute atomic E-state index is 0.0394. The zero-order chi connectivity index (χ0) is 38.7. The Balaban J connectivity index is 1.46. The molecule has 2 aromatic heterocycles. The number of carbonyl (C=O) groups is 2. The first kappa shape index (κ1) is 40.1. The Morgan fingerprint density at radius 3 is 2.37 bits per heavy atom. The average Bonchev–Trinajstić information content (AvgIpc) is 3.66. The van der Waals surface area contributed by atoms with Crippen molar-refractivity contribution in [3.8, 4) is 0 Å².